The zero-order chi connectivity index (χ0) is 18.2. The van der Waals surface area contributed by atoms with Crippen molar-refractivity contribution in [3.05, 3.63) is 29.8 Å². The molecule has 1 amide bonds. The summed E-state index contributed by atoms with van der Waals surface area (Å²) in [6.07, 6.45) is 1.24. The molecular formula is C18H27N3O3S. The molecule has 2 aliphatic heterocycles. The van der Waals surface area contributed by atoms with E-state index >= 15 is 0 Å². The summed E-state index contributed by atoms with van der Waals surface area (Å²) in [5.74, 6) is 0.196. The average Bonchev–Trinajstić information content (AvgIpc) is 2.59. The molecule has 0 saturated carbocycles. The van der Waals surface area contributed by atoms with Crippen LogP contribution in [0.1, 0.15) is 18.4 Å². The van der Waals surface area contributed by atoms with Crippen molar-refractivity contribution in [2.24, 2.45) is 5.41 Å². The molecule has 0 aliphatic carbocycles. The minimum atomic E-state index is -3.46. The number of benzene rings is 1. The Balaban J connectivity index is 1.61. The van der Waals surface area contributed by atoms with E-state index in [1.54, 1.807) is 12.1 Å². The van der Waals surface area contributed by atoms with Crippen molar-refractivity contribution in [1.82, 2.24) is 14.1 Å². The molecule has 6 nitrogen and oxygen atoms in total. The van der Waals surface area contributed by atoms with Gasteiger partial charge in [0.15, 0.2) is 0 Å². The summed E-state index contributed by atoms with van der Waals surface area (Å²) in [4.78, 5) is 16.8. The molecule has 1 aromatic carbocycles. The van der Waals surface area contributed by atoms with Crippen molar-refractivity contribution in [1.29, 1.82) is 0 Å². The summed E-state index contributed by atoms with van der Waals surface area (Å²) >= 11 is 0. The zero-order valence-electron chi connectivity index (χ0n) is 15.2. The first-order chi connectivity index (χ1) is 11.7. The van der Waals surface area contributed by atoms with Gasteiger partial charge in [0.2, 0.25) is 15.9 Å². The van der Waals surface area contributed by atoms with E-state index in [1.807, 2.05) is 38.1 Å². The normalized spacial score (nSPS) is 21.0. The van der Waals surface area contributed by atoms with E-state index in [1.165, 1.54) is 4.31 Å². The molecule has 2 fully saturated rings. The first-order valence-electron chi connectivity index (χ1n) is 8.76. The van der Waals surface area contributed by atoms with Gasteiger partial charge in [-0.25, -0.2) is 8.42 Å². The van der Waals surface area contributed by atoms with Gasteiger partial charge in [-0.2, -0.15) is 4.31 Å². The van der Waals surface area contributed by atoms with Crippen LogP contribution in [0.3, 0.4) is 0 Å². The van der Waals surface area contributed by atoms with E-state index in [9.17, 15) is 13.2 Å². The highest BCUT2D eigenvalue weighted by Crippen LogP contribution is 2.42. The topological polar surface area (TPSA) is 60.9 Å². The molecule has 0 radical (unpaired) electrons. The maximum atomic E-state index is 12.8. The van der Waals surface area contributed by atoms with Crippen LogP contribution in [0.15, 0.2) is 29.2 Å². The second kappa shape index (κ2) is 6.70. The smallest absolute Gasteiger partial charge is 0.243 e. The minimum Gasteiger partial charge on any atom is -0.340 e. The van der Waals surface area contributed by atoms with Crippen molar-refractivity contribution >= 4 is 15.9 Å². The van der Waals surface area contributed by atoms with E-state index in [2.05, 4.69) is 4.90 Å². The van der Waals surface area contributed by atoms with Crippen LogP contribution in [0.5, 0.6) is 0 Å². The van der Waals surface area contributed by atoms with Crippen molar-refractivity contribution in [2.75, 3.05) is 46.8 Å². The largest absolute Gasteiger partial charge is 0.340 e. The lowest BCUT2D eigenvalue weighted by molar-refractivity contribution is -0.164. The molecule has 2 saturated heterocycles. The monoisotopic (exact) mass is 365 g/mol. The maximum absolute atomic E-state index is 12.8. The predicted octanol–water partition coefficient (Wildman–Crippen LogP) is 1.17. The second-order valence-electron chi connectivity index (χ2n) is 7.53. The number of hydrogen-bond donors (Lipinski definition) is 0. The van der Waals surface area contributed by atoms with E-state index in [-0.39, 0.29) is 11.3 Å². The number of sulfonamides is 1. The minimum absolute atomic E-state index is 0.196. The van der Waals surface area contributed by atoms with Crippen molar-refractivity contribution < 1.29 is 13.2 Å². The Labute approximate surface area is 150 Å². The fourth-order valence-electron chi connectivity index (χ4n) is 3.64. The van der Waals surface area contributed by atoms with E-state index < -0.39 is 10.0 Å². The highest BCUT2D eigenvalue weighted by molar-refractivity contribution is 7.89. The Kier molecular flexibility index (Phi) is 4.92. The highest BCUT2D eigenvalue weighted by Gasteiger charge is 2.53. The molecule has 1 spiro atoms. The van der Waals surface area contributed by atoms with E-state index in [4.69, 9.17) is 0 Å². The molecule has 1 aromatic rings. The molecule has 3 rings (SSSR count). The first kappa shape index (κ1) is 18.4. The summed E-state index contributed by atoms with van der Waals surface area (Å²) in [6, 6.07) is 6.95. The van der Waals surface area contributed by atoms with Crippen molar-refractivity contribution in [3.8, 4) is 0 Å². The summed E-state index contributed by atoms with van der Waals surface area (Å²) in [6.45, 7) is 5.14. The van der Waals surface area contributed by atoms with Gasteiger partial charge in [-0.15, -0.1) is 0 Å². The molecule has 138 valence electrons. The molecule has 0 unspecified atom stereocenters. The van der Waals surface area contributed by atoms with Gasteiger partial charge in [-0.3, -0.25) is 4.79 Å². The number of carbonyl (C=O) groups excluding carboxylic acids is 1. The lowest BCUT2D eigenvalue weighted by atomic mass is 9.71. The van der Waals surface area contributed by atoms with Gasteiger partial charge in [0, 0.05) is 32.7 Å². The third-order valence-corrected chi connectivity index (χ3v) is 7.30. The fraction of sp³-hybridized carbons (Fsp3) is 0.611. The van der Waals surface area contributed by atoms with Crippen LogP contribution in [0.2, 0.25) is 0 Å². The Hall–Kier alpha value is -1.44. The number of carbonyl (C=O) groups is 1. The van der Waals surface area contributed by atoms with E-state index in [0.717, 1.165) is 25.2 Å². The number of nitrogens with zero attached hydrogens (tertiary/aromatic N) is 3. The summed E-state index contributed by atoms with van der Waals surface area (Å²) in [5.41, 5.74) is 0.709. The van der Waals surface area contributed by atoms with Gasteiger partial charge in [-0.1, -0.05) is 17.7 Å². The Morgan fingerprint density at radius 3 is 2.24 bits per heavy atom. The molecule has 0 atom stereocenters. The lowest BCUT2D eigenvalue weighted by Crippen LogP contribution is -2.65. The molecule has 0 N–H and O–H groups in total. The number of hydrogen-bond acceptors (Lipinski definition) is 4. The number of likely N-dealkylation sites (N-methyl/N-ethyl adjacent to an activating group) is 1. The Morgan fingerprint density at radius 2 is 1.72 bits per heavy atom. The van der Waals surface area contributed by atoms with Crippen molar-refractivity contribution in [3.63, 3.8) is 0 Å². The Morgan fingerprint density at radius 1 is 1.12 bits per heavy atom. The van der Waals surface area contributed by atoms with Gasteiger partial charge in [0.25, 0.3) is 0 Å². The predicted molar refractivity (Wildman–Crippen MR) is 96.7 cm³/mol. The third-order valence-electron chi connectivity index (χ3n) is 5.39. The summed E-state index contributed by atoms with van der Waals surface area (Å²) in [5, 5.41) is 0. The van der Waals surface area contributed by atoms with Gasteiger partial charge >= 0.3 is 0 Å². The number of amides is 1. The van der Waals surface area contributed by atoms with E-state index in [0.29, 0.717) is 30.8 Å². The quantitative estimate of drug-likeness (QED) is 0.735. The van der Waals surface area contributed by atoms with Gasteiger partial charge < -0.3 is 9.80 Å². The van der Waals surface area contributed by atoms with Crippen LogP contribution in [-0.4, -0.2) is 75.2 Å². The number of aryl methyl sites for hydroxylation is 1. The highest BCUT2D eigenvalue weighted by atomic mass is 32.2. The lowest BCUT2D eigenvalue weighted by Gasteiger charge is -2.52. The SMILES string of the molecule is Cc1ccc(S(=O)(=O)N2CCC3(CC2)CN(CCN(C)C)C3=O)cc1. The molecule has 2 aliphatic rings. The molecule has 0 bridgehead atoms. The third kappa shape index (κ3) is 3.45. The average molecular weight is 365 g/mol. The number of β-lactam (4-membered cyclic amide) rings is 1. The zero-order valence-corrected chi connectivity index (χ0v) is 16.1. The van der Waals surface area contributed by atoms with Crippen LogP contribution in [0.4, 0.5) is 0 Å². The van der Waals surface area contributed by atoms with Gasteiger partial charge in [0.1, 0.15) is 0 Å². The van der Waals surface area contributed by atoms with Gasteiger partial charge in [0.05, 0.1) is 10.3 Å². The molecule has 25 heavy (non-hydrogen) atoms. The second-order valence-corrected chi connectivity index (χ2v) is 9.47. The molecular weight excluding hydrogens is 338 g/mol. The molecule has 0 aromatic heterocycles. The number of rotatable bonds is 5. The fourth-order valence-corrected chi connectivity index (χ4v) is 5.08. The van der Waals surface area contributed by atoms with Crippen LogP contribution in [-0.2, 0) is 14.8 Å². The first-order valence-corrected chi connectivity index (χ1v) is 10.2. The van der Waals surface area contributed by atoms with Gasteiger partial charge in [-0.05, 0) is 46.0 Å². The van der Waals surface area contributed by atoms with Crippen LogP contribution in [0.25, 0.3) is 0 Å². The molecule has 2 heterocycles. The summed E-state index contributed by atoms with van der Waals surface area (Å²) < 4.78 is 27.1. The number of piperidine rings is 1. The van der Waals surface area contributed by atoms with Crippen LogP contribution >= 0.6 is 0 Å². The summed E-state index contributed by atoms with van der Waals surface area (Å²) in [7, 11) is 0.525. The Bertz CT molecular complexity index is 735. The standard InChI is InChI=1S/C18H27N3O3S/c1-15-4-6-16(7-5-15)25(23,24)21-10-8-18(9-11-21)14-20(17(18)22)13-12-19(2)3/h4-7H,8-14H2,1-3H3. The van der Waals surface area contributed by atoms with Crippen LogP contribution < -0.4 is 0 Å². The maximum Gasteiger partial charge on any atom is 0.243 e. The van der Waals surface area contributed by atoms with Crippen molar-refractivity contribution in [2.45, 2.75) is 24.7 Å². The van der Waals surface area contributed by atoms with Crippen LogP contribution in [0, 0.1) is 12.3 Å². The molecule has 7 heteroatoms. The number of likely N-dealkylation sites (tertiary alicyclic amines) is 1.